The quantitative estimate of drug-likeness (QED) is 0.690. The molecule has 0 aromatic carbocycles. The highest BCUT2D eigenvalue weighted by molar-refractivity contribution is 5.10. The zero-order valence-corrected chi connectivity index (χ0v) is 6.60. The van der Waals surface area contributed by atoms with E-state index in [0.717, 1.165) is 0 Å². The van der Waals surface area contributed by atoms with Crippen molar-refractivity contribution in [2.24, 2.45) is 5.92 Å². The molecule has 1 saturated carbocycles. The summed E-state index contributed by atoms with van der Waals surface area (Å²) in [4.78, 5) is 11.1. The second-order valence-corrected chi connectivity index (χ2v) is 3.18. The summed E-state index contributed by atoms with van der Waals surface area (Å²) in [5.74, 6) is 0.562. The average Bonchev–Trinajstić information content (AvgIpc) is 2.79. The highest BCUT2D eigenvalue weighted by atomic mass is 16.3. The molecule has 1 heterocycles. The SMILES string of the molecule is O=c1cc(O)cnn1CC1CC1. The van der Waals surface area contributed by atoms with Crippen LogP contribution in [0.3, 0.4) is 0 Å². The van der Waals surface area contributed by atoms with Crippen molar-refractivity contribution in [3.05, 3.63) is 22.6 Å². The topological polar surface area (TPSA) is 55.1 Å². The third-order valence-electron chi connectivity index (χ3n) is 1.98. The summed E-state index contributed by atoms with van der Waals surface area (Å²) in [6.07, 6.45) is 3.67. The van der Waals surface area contributed by atoms with Crippen LogP contribution in [0.15, 0.2) is 17.1 Å². The van der Waals surface area contributed by atoms with Crippen molar-refractivity contribution in [2.75, 3.05) is 0 Å². The van der Waals surface area contributed by atoms with Gasteiger partial charge in [-0.2, -0.15) is 5.10 Å². The Hall–Kier alpha value is -1.32. The van der Waals surface area contributed by atoms with Gasteiger partial charge in [0.1, 0.15) is 5.75 Å². The molecule has 12 heavy (non-hydrogen) atoms. The molecule has 0 radical (unpaired) electrons. The molecule has 1 aromatic rings. The van der Waals surface area contributed by atoms with E-state index in [4.69, 9.17) is 5.11 Å². The molecule has 0 bridgehead atoms. The zero-order valence-electron chi connectivity index (χ0n) is 6.60. The van der Waals surface area contributed by atoms with Gasteiger partial charge in [0.2, 0.25) is 0 Å². The molecule has 0 amide bonds. The Kier molecular flexibility index (Phi) is 1.60. The minimum Gasteiger partial charge on any atom is -0.506 e. The normalized spacial score (nSPS) is 16.3. The van der Waals surface area contributed by atoms with E-state index < -0.39 is 0 Å². The molecule has 1 aliphatic rings. The van der Waals surface area contributed by atoms with Gasteiger partial charge in [-0.05, 0) is 18.8 Å². The fraction of sp³-hybridized carbons (Fsp3) is 0.500. The van der Waals surface area contributed by atoms with Crippen molar-refractivity contribution >= 4 is 0 Å². The predicted molar refractivity (Wildman–Crippen MR) is 42.9 cm³/mol. The molecule has 0 aliphatic heterocycles. The number of rotatable bonds is 2. The van der Waals surface area contributed by atoms with E-state index in [1.54, 1.807) is 0 Å². The van der Waals surface area contributed by atoms with Crippen LogP contribution in [-0.4, -0.2) is 14.9 Å². The van der Waals surface area contributed by atoms with Crippen LogP contribution >= 0.6 is 0 Å². The van der Waals surface area contributed by atoms with Crippen LogP contribution in [0.4, 0.5) is 0 Å². The summed E-state index contributed by atoms with van der Waals surface area (Å²) < 4.78 is 1.40. The molecule has 1 fully saturated rings. The minimum atomic E-state index is -0.220. The monoisotopic (exact) mass is 166 g/mol. The van der Waals surface area contributed by atoms with Crippen molar-refractivity contribution in [1.29, 1.82) is 0 Å². The zero-order chi connectivity index (χ0) is 8.55. The van der Waals surface area contributed by atoms with Crippen LogP contribution in [0.1, 0.15) is 12.8 Å². The maximum Gasteiger partial charge on any atom is 0.270 e. The second kappa shape index (κ2) is 2.62. The Balaban J connectivity index is 2.24. The minimum absolute atomic E-state index is 0.0629. The molecular weight excluding hydrogens is 156 g/mol. The number of aromatic hydroxyl groups is 1. The molecule has 0 spiro atoms. The molecule has 0 atom stereocenters. The third kappa shape index (κ3) is 1.47. The van der Waals surface area contributed by atoms with Crippen LogP contribution in [0, 0.1) is 5.92 Å². The maximum atomic E-state index is 11.1. The third-order valence-corrected chi connectivity index (χ3v) is 1.98. The van der Waals surface area contributed by atoms with E-state index >= 15 is 0 Å². The summed E-state index contributed by atoms with van der Waals surface area (Å²) in [5.41, 5.74) is -0.220. The first-order valence-electron chi connectivity index (χ1n) is 4.02. The lowest BCUT2D eigenvalue weighted by molar-refractivity contribution is 0.454. The molecule has 1 aliphatic carbocycles. The van der Waals surface area contributed by atoms with E-state index in [1.165, 1.54) is 29.8 Å². The van der Waals surface area contributed by atoms with Crippen molar-refractivity contribution in [3.63, 3.8) is 0 Å². The number of nitrogens with zero attached hydrogens (tertiary/aromatic N) is 2. The van der Waals surface area contributed by atoms with Gasteiger partial charge >= 0.3 is 0 Å². The Morgan fingerprint density at radius 2 is 2.42 bits per heavy atom. The van der Waals surface area contributed by atoms with E-state index in [2.05, 4.69) is 5.10 Å². The van der Waals surface area contributed by atoms with Gasteiger partial charge in [0.25, 0.3) is 5.56 Å². The van der Waals surface area contributed by atoms with Crippen LogP contribution < -0.4 is 5.56 Å². The molecule has 4 nitrogen and oxygen atoms in total. The van der Waals surface area contributed by atoms with Gasteiger partial charge in [-0.1, -0.05) is 0 Å². The van der Waals surface area contributed by atoms with Gasteiger partial charge in [0.05, 0.1) is 6.20 Å². The van der Waals surface area contributed by atoms with Gasteiger partial charge < -0.3 is 5.11 Å². The fourth-order valence-corrected chi connectivity index (χ4v) is 1.11. The number of hydrogen-bond donors (Lipinski definition) is 1. The van der Waals surface area contributed by atoms with E-state index in [1.807, 2.05) is 0 Å². The molecule has 4 heteroatoms. The molecule has 64 valence electrons. The maximum absolute atomic E-state index is 11.1. The largest absolute Gasteiger partial charge is 0.506 e. The molecule has 1 aromatic heterocycles. The first-order chi connectivity index (χ1) is 5.75. The second-order valence-electron chi connectivity index (χ2n) is 3.18. The van der Waals surface area contributed by atoms with Crippen molar-refractivity contribution in [2.45, 2.75) is 19.4 Å². The average molecular weight is 166 g/mol. The molecular formula is C8H10N2O2. The molecule has 0 unspecified atom stereocenters. The molecule has 0 saturated heterocycles. The lowest BCUT2D eigenvalue weighted by atomic mass is 10.4. The standard InChI is InChI=1S/C8H10N2O2/c11-7-3-8(12)10(9-4-7)5-6-1-2-6/h3-4,6,11H,1-2,5H2. The molecule has 1 N–H and O–H groups in total. The Labute approximate surface area is 69.5 Å². The van der Waals surface area contributed by atoms with E-state index in [9.17, 15) is 4.79 Å². The van der Waals surface area contributed by atoms with Crippen molar-refractivity contribution in [3.8, 4) is 5.75 Å². The van der Waals surface area contributed by atoms with Crippen molar-refractivity contribution in [1.82, 2.24) is 9.78 Å². The highest BCUT2D eigenvalue weighted by Crippen LogP contribution is 2.29. The van der Waals surface area contributed by atoms with Gasteiger partial charge in [0, 0.05) is 12.6 Å². The Morgan fingerprint density at radius 3 is 3.00 bits per heavy atom. The van der Waals surface area contributed by atoms with E-state index in [-0.39, 0.29) is 11.3 Å². The lowest BCUT2D eigenvalue weighted by Gasteiger charge is -2.00. The fourth-order valence-electron chi connectivity index (χ4n) is 1.11. The summed E-state index contributed by atoms with van der Waals surface area (Å²) in [6.45, 7) is 0.694. The summed E-state index contributed by atoms with van der Waals surface area (Å²) in [7, 11) is 0. The predicted octanol–water partition coefficient (Wildman–Crippen LogP) is 0.359. The Bertz CT molecular complexity index is 341. The first kappa shape index (κ1) is 7.34. The van der Waals surface area contributed by atoms with Crippen LogP contribution in [0.2, 0.25) is 0 Å². The van der Waals surface area contributed by atoms with E-state index in [0.29, 0.717) is 12.5 Å². The number of aromatic nitrogens is 2. The number of hydrogen-bond acceptors (Lipinski definition) is 3. The summed E-state index contributed by atoms with van der Waals surface area (Å²) >= 11 is 0. The highest BCUT2D eigenvalue weighted by Gasteiger charge is 2.22. The van der Waals surface area contributed by atoms with Gasteiger partial charge in [-0.15, -0.1) is 0 Å². The Morgan fingerprint density at radius 1 is 1.67 bits per heavy atom. The van der Waals surface area contributed by atoms with Gasteiger partial charge in [0.15, 0.2) is 0 Å². The van der Waals surface area contributed by atoms with Crippen LogP contribution in [0.25, 0.3) is 0 Å². The van der Waals surface area contributed by atoms with Gasteiger partial charge in [-0.25, -0.2) is 4.68 Å². The summed E-state index contributed by atoms with van der Waals surface area (Å²) in [5, 5.41) is 12.7. The summed E-state index contributed by atoms with van der Waals surface area (Å²) in [6, 6.07) is 1.19. The van der Waals surface area contributed by atoms with Crippen LogP contribution in [0.5, 0.6) is 5.75 Å². The first-order valence-corrected chi connectivity index (χ1v) is 4.02. The van der Waals surface area contributed by atoms with Gasteiger partial charge in [-0.3, -0.25) is 4.79 Å². The molecule has 2 rings (SSSR count). The van der Waals surface area contributed by atoms with Crippen LogP contribution in [-0.2, 0) is 6.54 Å². The van der Waals surface area contributed by atoms with Crippen molar-refractivity contribution < 1.29 is 5.11 Å². The smallest absolute Gasteiger partial charge is 0.270 e. The lowest BCUT2D eigenvalue weighted by Crippen LogP contribution is -2.22.